The van der Waals surface area contributed by atoms with Crippen molar-refractivity contribution in [2.24, 2.45) is 11.8 Å². The van der Waals surface area contributed by atoms with Crippen molar-refractivity contribution >= 4 is 24.0 Å². The lowest BCUT2D eigenvalue weighted by molar-refractivity contribution is -0.117. The van der Waals surface area contributed by atoms with Crippen LogP contribution in [-0.4, -0.2) is 38.3 Å². The van der Waals surface area contributed by atoms with Crippen LogP contribution in [0.25, 0.3) is 0 Å². The van der Waals surface area contributed by atoms with Crippen molar-refractivity contribution in [2.45, 2.75) is 52.7 Å². The highest BCUT2D eigenvalue weighted by molar-refractivity contribution is 5.90. The molecular formula is C21H35ClN2O3. The fourth-order valence-electron chi connectivity index (χ4n) is 3.31. The van der Waals surface area contributed by atoms with Crippen LogP contribution in [0.4, 0.5) is 5.69 Å². The van der Waals surface area contributed by atoms with E-state index in [4.69, 9.17) is 9.47 Å². The first-order valence-electron chi connectivity index (χ1n) is 9.83. The molecule has 0 saturated carbocycles. The minimum atomic E-state index is 0. The van der Waals surface area contributed by atoms with Gasteiger partial charge in [0.25, 0.3) is 0 Å². The van der Waals surface area contributed by atoms with Crippen LogP contribution in [0.5, 0.6) is 0 Å². The maximum atomic E-state index is 12.4. The molecule has 1 saturated heterocycles. The van der Waals surface area contributed by atoms with E-state index in [2.05, 4.69) is 17.6 Å². The van der Waals surface area contributed by atoms with Crippen LogP contribution >= 0.6 is 12.4 Å². The summed E-state index contributed by atoms with van der Waals surface area (Å²) in [6.07, 6.45) is 3.22. The first kappa shape index (κ1) is 23.9. The smallest absolute Gasteiger partial charge is 0.224 e. The van der Waals surface area contributed by atoms with Crippen molar-refractivity contribution in [1.29, 1.82) is 0 Å². The van der Waals surface area contributed by atoms with Gasteiger partial charge in [0.2, 0.25) is 5.91 Å². The van der Waals surface area contributed by atoms with Gasteiger partial charge in [0, 0.05) is 12.1 Å². The predicted molar refractivity (Wildman–Crippen MR) is 112 cm³/mol. The summed E-state index contributed by atoms with van der Waals surface area (Å²) in [5.74, 6) is 1.09. The number of nitrogens with one attached hydrogen (secondary N) is 2. The second-order valence-electron chi connectivity index (χ2n) is 7.51. The first-order valence-corrected chi connectivity index (χ1v) is 9.83. The molecule has 27 heavy (non-hydrogen) atoms. The van der Waals surface area contributed by atoms with E-state index in [1.165, 1.54) is 12.8 Å². The predicted octanol–water partition coefficient (Wildman–Crippen LogP) is 4.01. The van der Waals surface area contributed by atoms with Crippen molar-refractivity contribution in [3.05, 3.63) is 29.8 Å². The zero-order chi connectivity index (χ0) is 18.8. The Labute approximate surface area is 170 Å². The van der Waals surface area contributed by atoms with E-state index >= 15 is 0 Å². The monoisotopic (exact) mass is 398 g/mol. The highest BCUT2D eigenvalue weighted by Gasteiger charge is 2.22. The third-order valence-corrected chi connectivity index (χ3v) is 4.81. The molecule has 154 valence electrons. The van der Waals surface area contributed by atoms with Crippen LogP contribution in [0.15, 0.2) is 24.3 Å². The molecule has 0 spiro atoms. The van der Waals surface area contributed by atoms with Crippen molar-refractivity contribution in [3.63, 3.8) is 0 Å². The van der Waals surface area contributed by atoms with Gasteiger partial charge in [0.1, 0.15) is 0 Å². The van der Waals surface area contributed by atoms with Gasteiger partial charge in [-0.25, -0.2) is 0 Å². The number of carbonyl (C=O) groups is 1. The zero-order valence-electron chi connectivity index (χ0n) is 16.8. The molecule has 0 bridgehead atoms. The zero-order valence-corrected chi connectivity index (χ0v) is 17.6. The highest BCUT2D eigenvalue weighted by Crippen LogP contribution is 2.23. The molecule has 1 aliphatic rings. The molecule has 2 atom stereocenters. The van der Waals surface area contributed by atoms with Crippen LogP contribution < -0.4 is 10.6 Å². The van der Waals surface area contributed by atoms with Gasteiger partial charge in [-0.2, -0.15) is 0 Å². The molecule has 1 aromatic carbocycles. The Kier molecular flexibility index (Phi) is 11.6. The van der Waals surface area contributed by atoms with E-state index in [-0.39, 0.29) is 24.4 Å². The van der Waals surface area contributed by atoms with E-state index in [1.807, 2.05) is 38.1 Å². The molecule has 5 nitrogen and oxygen atoms in total. The van der Waals surface area contributed by atoms with E-state index in [0.717, 1.165) is 24.3 Å². The molecule has 0 radical (unpaired) electrons. The molecular weight excluding hydrogens is 364 g/mol. The minimum absolute atomic E-state index is 0. The summed E-state index contributed by atoms with van der Waals surface area (Å²) in [6, 6.07) is 7.87. The number of carbonyl (C=O) groups excluding carboxylic acids is 1. The van der Waals surface area contributed by atoms with Crippen LogP contribution in [-0.2, 0) is 20.9 Å². The Morgan fingerprint density at radius 1 is 1.30 bits per heavy atom. The van der Waals surface area contributed by atoms with E-state index in [1.54, 1.807) is 0 Å². The number of piperidine rings is 1. The molecule has 0 aliphatic carbocycles. The van der Waals surface area contributed by atoms with Crippen molar-refractivity contribution in [2.75, 3.05) is 31.6 Å². The Morgan fingerprint density at radius 2 is 2.11 bits per heavy atom. The number of amides is 1. The fourth-order valence-corrected chi connectivity index (χ4v) is 3.31. The van der Waals surface area contributed by atoms with Gasteiger partial charge in [0.05, 0.1) is 25.9 Å². The van der Waals surface area contributed by atoms with Crippen LogP contribution in [0.3, 0.4) is 0 Å². The van der Waals surface area contributed by atoms with Crippen LogP contribution in [0.1, 0.15) is 45.6 Å². The normalized spacial score (nSPS) is 18.0. The third kappa shape index (κ3) is 9.56. The topological polar surface area (TPSA) is 59.6 Å². The van der Waals surface area contributed by atoms with Gasteiger partial charge in [-0.3, -0.25) is 4.79 Å². The Hall–Kier alpha value is -1.14. The van der Waals surface area contributed by atoms with E-state index in [0.29, 0.717) is 38.1 Å². The molecule has 0 aromatic heterocycles. The largest absolute Gasteiger partial charge is 0.376 e. The summed E-state index contributed by atoms with van der Waals surface area (Å²) in [4.78, 5) is 12.4. The third-order valence-electron chi connectivity index (χ3n) is 4.81. The van der Waals surface area contributed by atoms with Gasteiger partial charge in [-0.15, -0.1) is 12.4 Å². The molecule has 1 fully saturated rings. The van der Waals surface area contributed by atoms with E-state index < -0.39 is 0 Å². The van der Waals surface area contributed by atoms with Gasteiger partial charge >= 0.3 is 0 Å². The number of ether oxygens (including phenoxy) is 2. The van der Waals surface area contributed by atoms with E-state index in [9.17, 15) is 4.79 Å². The second kappa shape index (κ2) is 13.1. The lowest BCUT2D eigenvalue weighted by atomic mass is 9.85. The molecule has 2 unspecified atom stereocenters. The standard InChI is InChI=1S/C21H34N2O3.ClH/c1-16(2)26-11-10-25-15-18-6-4-8-20(13-18)23-21(24)12-17(3)19-7-5-9-22-14-19;/h4,6,8,13,16-17,19,22H,5,7,9-12,14-15H2,1-3H3,(H,23,24);1H. The second-order valence-corrected chi connectivity index (χ2v) is 7.51. The molecule has 1 amide bonds. The summed E-state index contributed by atoms with van der Waals surface area (Å²) in [7, 11) is 0. The minimum Gasteiger partial charge on any atom is -0.376 e. The molecule has 1 aliphatic heterocycles. The van der Waals surface area contributed by atoms with Crippen molar-refractivity contribution in [3.8, 4) is 0 Å². The molecule has 6 heteroatoms. The fraction of sp³-hybridized carbons (Fsp3) is 0.667. The van der Waals surface area contributed by atoms with Gasteiger partial charge < -0.3 is 20.1 Å². The highest BCUT2D eigenvalue weighted by atomic mass is 35.5. The number of hydrogen-bond acceptors (Lipinski definition) is 4. The van der Waals surface area contributed by atoms with Crippen molar-refractivity contribution in [1.82, 2.24) is 5.32 Å². The van der Waals surface area contributed by atoms with Gasteiger partial charge in [-0.1, -0.05) is 19.1 Å². The Bertz CT molecular complexity index is 548. The Morgan fingerprint density at radius 3 is 2.81 bits per heavy atom. The molecule has 2 rings (SSSR count). The number of benzene rings is 1. The first-order chi connectivity index (χ1) is 12.5. The van der Waals surface area contributed by atoms with Crippen LogP contribution in [0, 0.1) is 11.8 Å². The maximum Gasteiger partial charge on any atom is 0.224 e. The lowest BCUT2D eigenvalue weighted by Gasteiger charge is -2.28. The Balaban J connectivity index is 0.00000364. The SMILES string of the molecule is CC(C)OCCOCc1cccc(NC(=O)CC(C)C2CCCNC2)c1.Cl. The molecule has 1 heterocycles. The van der Waals surface area contributed by atoms with Gasteiger partial charge in [0.15, 0.2) is 0 Å². The molecule has 2 N–H and O–H groups in total. The summed E-state index contributed by atoms with van der Waals surface area (Å²) in [5.41, 5.74) is 1.89. The number of halogens is 1. The summed E-state index contributed by atoms with van der Waals surface area (Å²) >= 11 is 0. The number of anilines is 1. The maximum absolute atomic E-state index is 12.4. The number of rotatable bonds is 10. The molecule has 1 aromatic rings. The van der Waals surface area contributed by atoms with Crippen molar-refractivity contribution < 1.29 is 14.3 Å². The average molecular weight is 399 g/mol. The van der Waals surface area contributed by atoms with Crippen LogP contribution in [0.2, 0.25) is 0 Å². The lowest BCUT2D eigenvalue weighted by Crippen LogP contribution is -2.34. The summed E-state index contributed by atoms with van der Waals surface area (Å²) < 4.78 is 11.1. The number of hydrogen-bond donors (Lipinski definition) is 2. The average Bonchev–Trinajstić information content (AvgIpc) is 2.62. The summed E-state index contributed by atoms with van der Waals surface area (Å²) in [5, 5.41) is 6.46. The van der Waals surface area contributed by atoms with Gasteiger partial charge in [-0.05, 0) is 69.3 Å². The summed E-state index contributed by atoms with van der Waals surface area (Å²) in [6.45, 7) is 10.0. The quantitative estimate of drug-likeness (QED) is 0.584.